The van der Waals surface area contributed by atoms with E-state index in [4.69, 9.17) is 9.47 Å². The van der Waals surface area contributed by atoms with Crippen molar-refractivity contribution in [1.29, 1.82) is 0 Å². The molecule has 0 bridgehead atoms. The third-order valence-corrected chi connectivity index (χ3v) is 3.47. The molecular weight excluding hydrogens is 246 g/mol. The predicted molar refractivity (Wildman–Crippen MR) is 64.8 cm³/mol. The van der Waals surface area contributed by atoms with Gasteiger partial charge in [0, 0.05) is 24.9 Å². The maximum Gasteiger partial charge on any atom is 0.231 e. The highest BCUT2D eigenvalue weighted by molar-refractivity contribution is 5.85. The lowest BCUT2D eigenvalue weighted by Gasteiger charge is -2.09. The second-order valence-electron chi connectivity index (χ2n) is 4.65. The highest BCUT2D eigenvalue weighted by Gasteiger charge is 2.21. The van der Waals surface area contributed by atoms with Crippen molar-refractivity contribution in [3.05, 3.63) is 29.0 Å². The molecule has 5 heteroatoms. The highest BCUT2D eigenvalue weighted by Crippen LogP contribution is 2.36. The maximum absolute atomic E-state index is 10.8. The van der Waals surface area contributed by atoms with E-state index >= 15 is 0 Å². The van der Waals surface area contributed by atoms with Crippen LogP contribution in [0.4, 0.5) is 0 Å². The lowest BCUT2D eigenvalue weighted by molar-refractivity contribution is -0.356. The van der Waals surface area contributed by atoms with Crippen molar-refractivity contribution in [2.45, 2.75) is 20.3 Å². The van der Waals surface area contributed by atoms with Crippen LogP contribution >= 0.6 is 0 Å². The van der Waals surface area contributed by atoms with Gasteiger partial charge >= 0.3 is 0 Å². The van der Waals surface area contributed by atoms with Gasteiger partial charge in [-0.15, -0.1) is 0 Å². The summed E-state index contributed by atoms with van der Waals surface area (Å²) in [7, 11) is 0. The molecule has 1 aromatic carbocycles. The number of benzene rings is 1. The number of carboxylic acid groups (broad SMARTS) is 1. The van der Waals surface area contributed by atoms with Gasteiger partial charge in [-0.3, -0.25) is 0 Å². The van der Waals surface area contributed by atoms with Gasteiger partial charge in [0.25, 0.3) is 0 Å². The van der Waals surface area contributed by atoms with Gasteiger partial charge in [0.05, 0.1) is 11.5 Å². The SMILES string of the molecule is Cc1[nH+]c2cc3c(cc2c(C)c1CC(=O)[O-])OCO3. The van der Waals surface area contributed by atoms with Crippen LogP contribution in [0.5, 0.6) is 11.5 Å². The van der Waals surface area contributed by atoms with E-state index < -0.39 is 5.97 Å². The van der Waals surface area contributed by atoms with Crippen LogP contribution in [0.3, 0.4) is 0 Å². The Labute approximate surface area is 109 Å². The van der Waals surface area contributed by atoms with E-state index in [2.05, 4.69) is 4.98 Å². The molecule has 2 heterocycles. The van der Waals surface area contributed by atoms with Crippen molar-refractivity contribution in [3.63, 3.8) is 0 Å². The van der Waals surface area contributed by atoms with Crippen LogP contribution in [-0.4, -0.2) is 12.8 Å². The second kappa shape index (κ2) is 4.12. The fourth-order valence-corrected chi connectivity index (χ4v) is 2.49. The number of hydrogen-bond acceptors (Lipinski definition) is 4. The Morgan fingerprint density at radius 2 is 2.00 bits per heavy atom. The number of carbonyl (C=O) groups excluding carboxylic acids is 1. The predicted octanol–water partition coefficient (Wildman–Crippen LogP) is 0.292. The normalized spacial score (nSPS) is 12.9. The van der Waals surface area contributed by atoms with E-state index in [0.29, 0.717) is 11.5 Å². The zero-order valence-corrected chi connectivity index (χ0v) is 10.7. The number of carbonyl (C=O) groups is 1. The third kappa shape index (κ3) is 1.87. The molecule has 2 aromatic rings. The first kappa shape index (κ1) is 11.8. The number of hydrogen-bond donors (Lipinski definition) is 0. The zero-order chi connectivity index (χ0) is 13.6. The lowest BCUT2D eigenvalue weighted by Crippen LogP contribution is -2.27. The summed E-state index contributed by atoms with van der Waals surface area (Å²) in [6, 6.07) is 3.75. The van der Waals surface area contributed by atoms with Crippen LogP contribution in [0, 0.1) is 13.8 Å². The minimum atomic E-state index is -1.08. The van der Waals surface area contributed by atoms with Gasteiger partial charge in [0.1, 0.15) is 0 Å². The summed E-state index contributed by atoms with van der Waals surface area (Å²) >= 11 is 0. The minimum absolute atomic E-state index is 0.0987. The topological polar surface area (TPSA) is 72.7 Å². The number of aliphatic carboxylic acids is 1. The molecule has 1 N–H and O–H groups in total. The Balaban J connectivity index is 2.25. The molecule has 0 amide bonds. The fourth-order valence-electron chi connectivity index (χ4n) is 2.49. The molecular formula is C14H13NO4. The van der Waals surface area contributed by atoms with Gasteiger partial charge in [-0.1, -0.05) is 0 Å². The zero-order valence-electron chi connectivity index (χ0n) is 10.7. The lowest BCUT2D eigenvalue weighted by atomic mass is 9.99. The van der Waals surface area contributed by atoms with Crippen molar-refractivity contribution >= 4 is 16.9 Å². The molecule has 1 aliphatic heterocycles. The average molecular weight is 259 g/mol. The number of pyridine rings is 1. The summed E-state index contributed by atoms with van der Waals surface area (Å²) < 4.78 is 10.7. The number of aromatic amines is 1. The number of H-pyrrole nitrogens is 1. The van der Waals surface area contributed by atoms with E-state index in [9.17, 15) is 9.90 Å². The third-order valence-electron chi connectivity index (χ3n) is 3.47. The molecule has 3 rings (SSSR count). The Bertz CT molecular complexity index is 694. The minimum Gasteiger partial charge on any atom is -0.550 e. The number of nitrogens with one attached hydrogen (secondary N) is 1. The molecule has 0 unspecified atom stereocenters. The maximum atomic E-state index is 10.8. The molecule has 19 heavy (non-hydrogen) atoms. The van der Waals surface area contributed by atoms with E-state index in [1.54, 1.807) is 0 Å². The monoisotopic (exact) mass is 259 g/mol. The van der Waals surface area contributed by atoms with Gasteiger partial charge in [-0.05, 0) is 18.6 Å². The molecule has 0 spiro atoms. The number of fused-ring (bicyclic) bond motifs is 2. The molecule has 0 saturated heterocycles. The van der Waals surface area contributed by atoms with Crippen molar-refractivity contribution in [2.75, 3.05) is 6.79 Å². The number of aromatic nitrogens is 1. The second-order valence-corrected chi connectivity index (χ2v) is 4.65. The summed E-state index contributed by atoms with van der Waals surface area (Å²) in [6.45, 7) is 3.98. The Morgan fingerprint density at radius 1 is 1.32 bits per heavy atom. The first-order chi connectivity index (χ1) is 9.06. The van der Waals surface area contributed by atoms with Gasteiger partial charge < -0.3 is 19.4 Å². The largest absolute Gasteiger partial charge is 0.550 e. The molecule has 0 fully saturated rings. The number of ether oxygens (including phenoxy) is 2. The van der Waals surface area contributed by atoms with Crippen LogP contribution in [0.25, 0.3) is 10.9 Å². The average Bonchev–Trinajstić information content (AvgIpc) is 2.79. The van der Waals surface area contributed by atoms with Crippen LogP contribution in [0.2, 0.25) is 0 Å². The molecule has 0 radical (unpaired) electrons. The molecule has 98 valence electrons. The van der Waals surface area contributed by atoms with Crippen LogP contribution < -0.4 is 19.6 Å². The fraction of sp³-hybridized carbons (Fsp3) is 0.286. The first-order valence-corrected chi connectivity index (χ1v) is 6.01. The number of carboxylic acids is 1. The summed E-state index contributed by atoms with van der Waals surface area (Å²) in [4.78, 5) is 14.0. The Morgan fingerprint density at radius 3 is 2.68 bits per heavy atom. The molecule has 5 nitrogen and oxygen atoms in total. The van der Waals surface area contributed by atoms with Crippen LogP contribution in [0.1, 0.15) is 16.8 Å². The van der Waals surface area contributed by atoms with E-state index in [1.165, 1.54) is 0 Å². The highest BCUT2D eigenvalue weighted by atomic mass is 16.7. The summed E-state index contributed by atoms with van der Waals surface area (Å²) in [5.41, 5.74) is 3.41. The van der Waals surface area contributed by atoms with Gasteiger partial charge in [-0.2, -0.15) is 0 Å². The van der Waals surface area contributed by atoms with Gasteiger partial charge in [0.2, 0.25) is 12.3 Å². The first-order valence-electron chi connectivity index (χ1n) is 6.01. The Hall–Kier alpha value is -2.30. The van der Waals surface area contributed by atoms with Crippen molar-refractivity contribution in [1.82, 2.24) is 0 Å². The van der Waals surface area contributed by atoms with Crippen molar-refractivity contribution in [2.24, 2.45) is 0 Å². The standard InChI is InChI=1S/C14H13NO4/c1-7-9(4-14(16)17)8(2)15-11-5-13-12(3-10(7)11)18-6-19-13/h3,5H,4,6H2,1-2H3,(H,16,17). The van der Waals surface area contributed by atoms with E-state index in [0.717, 1.165) is 27.7 Å². The summed E-state index contributed by atoms with van der Waals surface area (Å²) in [6.07, 6.45) is -0.0987. The smallest absolute Gasteiger partial charge is 0.231 e. The quantitative estimate of drug-likeness (QED) is 0.777. The summed E-state index contributed by atoms with van der Waals surface area (Å²) in [5.74, 6) is 0.308. The molecule has 0 saturated carbocycles. The van der Waals surface area contributed by atoms with Crippen molar-refractivity contribution < 1.29 is 24.4 Å². The molecule has 1 aromatic heterocycles. The Kier molecular flexibility index (Phi) is 2.55. The van der Waals surface area contributed by atoms with Gasteiger partial charge in [0.15, 0.2) is 17.2 Å². The van der Waals surface area contributed by atoms with Crippen LogP contribution in [0.15, 0.2) is 12.1 Å². The number of aryl methyl sites for hydroxylation is 2. The van der Waals surface area contributed by atoms with Crippen molar-refractivity contribution in [3.8, 4) is 11.5 Å². The van der Waals surface area contributed by atoms with E-state index in [-0.39, 0.29) is 13.2 Å². The molecule has 0 atom stereocenters. The van der Waals surface area contributed by atoms with Crippen LogP contribution in [-0.2, 0) is 11.2 Å². The van der Waals surface area contributed by atoms with Gasteiger partial charge in [-0.25, -0.2) is 4.98 Å². The van der Waals surface area contributed by atoms with E-state index in [1.807, 2.05) is 26.0 Å². The molecule has 0 aliphatic carbocycles. The molecule has 1 aliphatic rings. The summed E-state index contributed by atoms with van der Waals surface area (Å²) in [5, 5.41) is 11.8. The number of rotatable bonds is 2.